The summed E-state index contributed by atoms with van der Waals surface area (Å²) in [4.78, 5) is 212. The molecule has 1 aromatic heterocycles. The first-order valence-corrected chi connectivity index (χ1v) is 38.2. The number of aromatic nitrogens is 2. The second kappa shape index (κ2) is 46.2. The zero-order chi connectivity index (χ0) is 80.3. The molecule has 26 N–H and O–H groups in total. The summed E-state index contributed by atoms with van der Waals surface area (Å²) in [5, 5.41) is 44.4. The van der Waals surface area contributed by atoms with Crippen LogP contribution in [0.3, 0.4) is 0 Å². The fourth-order valence-corrected chi connectivity index (χ4v) is 13.4. The lowest BCUT2D eigenvalue weighted by Gasteiger charge is -2.31. The highest BCUT2D eigenvalue weighted by atomic mass is 32.2. The van der Waals surface area contributed by atoms with E-state index in [1.54, 1.807) is 44.2 Å². The number of nitrogens with one attached hydrogen (secondary N) is 10. The number of primary amides is 1. The van der Waals surface area contributed by atoms with Gasteiger partial charge in [-0.05, 0) is 133 Å². The molecule has 5 rings (SSSR count). The van der Waals surface area contributed by atoms with E-state index < -0.39 is 168 Å². The maximum absolute atomic E-state index is 14.5. The van der Waals surface area contributed by atoms with Gasteiger partial charge in [-0.2, -0.15) is 11.8 Å². The minimum absolute atomic E-state index is 0.00202. The normalized spacial score (nSPS) is 17.8. The number of amides is 13. The summed E-state index contributed by atoms with van der Waals surface area (Å²) in [6, 6.07) is -6.85. The van der Waals surface area contributed by atoms with Crippen LogP contribution in [0.1, 0.15) is 134 Å². The molecule has 0 saturated carbocycles. The van der Waals surface area contributed by atoms with Crippen molar-refractivity contribution in [3.05, 3.63) is 54.1 Å². The third-order valence-corrected chi connectivity index (χ3v) is 19.3. The van der Waals surface area contributed by atoms with Crippen LogP contribution < -0.4 is 88.0 Å². The number of aliphatic hydroxyl groups is 1. The first-order chi connectivity index (χ1) is 52.0. The van der Waals surface area contributed by atoms with Gasteiger partial charge < -0.3 is 118 Å². The van der Waals surface area contributed by atoms with Crippen molar-refractivity contribution in [2.75, 3.05) is 64.4 Å². The number of nitrogens with two attached hydrogens (primary N) is 7. The first-order valence-electron chi connectivity index (χ1n) is 36.8. The van der Waals surface area contributed by atoms with E-state index in [1.165, 1.54) is 39.0 Å². The van der Waals surface area contributed by atoms with Crippen molar-refractivity contribution in [2.45, 2.75) is 208 Å². The van der Waals surface area contributed by atoms with Crippen molar-refractivity contribution in [1.82, 2.24) is 72.5 Å². The monoisotopic (exact) mass is 1550 g/mol. The molecule has 3 saturated heterocycles. The van der Waals surface area contributed by atoms with Crippen LogP contribution in [-0.4, -0.2) is 266 Å². The number of thioether (sulfide) groups is 1. The first kappa shape index (κ1) is 89.4. The molecule has 40 heteroatoms. The number of aliphatic hydroxyl groups excluding tert-OH is 1. The predicted octanol–water partition coefficient (Wildman–Crippen LogP) is -6.13. The summed E-state index contributed by atoms with van der Waals surface area (Å²) >= 11 is 1.42. The number of nitrogens with zero attached hydrogens (tertiary/aromatic N) is 6. The van der Waals surface area contributed by atoms with Gasteiger partial charge in [0.05, 0.1) is 25.5 Å². The number of rotatable bonds is 47. The van der Waals surface area contributed by atoms with Crippen molar-refractivity contribution >= 4 is 106 Å². The fraction of sp³-hybridized carbons (Fsp3) is 0.638. The molecular formula is C69H111N23O16S. The molecule has 1 aromatic carbocycles. The molecule has 0 radical (unpaired) electrons. The minimum Gasteiger partial charge on any atom is -0.480 e. The smallest absolute Gasteiger partial charge is 0.326 e. The fourth-order valence-electron chi connectivity index (χ4n) is 12.9. The molecule has 39 nitrogen and oxygen atoms in total. The Kier molecular flexibility index (Phi) is 37.9. The summed E-state index contributed by atoms with van der Waals surface area (Å²) in [6.45, 7) is 2.46. The van der Waals surface area contributed by atoms with Crippen LogP contribution in [0, 0.1) is 5.92 Å². The lowest BCUT2D eigenvalue weighted by molar-refractivity contribution is -0.145. The number of guanidine groups is 2. The van der Waals surface area contributed by atoms with E-state index in [-0.39, 0.29) is 147 Å². The standard InChI is InChI=1S/C69H111N23O16S/c1-39(2)32-47(86-58(98)44(17-9-26-78-68(73)74)83-63(103)52-20-12-29-91(52)65(105)45(18-10-27-79-69(75)76)84-56(96)42(71)22-23-54(72)94)59(99)89-50(37-93)61(101)87-48(34-41-35-77-38-81-41)60(100)82-43(16-7-8-25-70)57(97)80-36-55(95)90-28-11-19-51(90)62(102)85-46(24-31-109-3)66(106)92-30-13-21-53(92)64(104)88-49(67(107)108)33-40-14-5-4-6-15-40/h4-6,14-15,35,38-39,42-53,93H,7-13,16-34,36-37,70-71H2,1-3H3,(H2,72,94)(H,77,81)(H,80,97)(H,82,100)(H,83,103)(H,84,96)(H,85,102)(H,86,98)(H,87,101)(H,88,104)(H,89,99)(H,107,108)(H4,73,74,78)(H4,75,76,79)/t42-,43-,44-,45-,46-,47-,48-,49-,50-,51-,52-,53?/m0/s1. The molecule has 12 atom stereocenters. The summed E-state index contributed by atoms with van der Waals surface area (Å²) < 4.78 is 0. The number of H-pyrrole nitrogens is 1. The summed E-state index contributed by atoms with van der Waals surface area (Å²) in [5.41, 5.74) is 40.2. The Hall–Kier alpha value is -10.2. The molecule has 3 aliphatic heterocycles. The average molecular weight is 1550 g/mol. The van der Waals surface area contributed by atoms with Gasteiger partial charge in [-0.25, -0.2) is 9.78 Å². The second-order valence-corrected chi connectivity index (χ2v) is 28.5. The number of hydrogen-bond acceptors (Lipinski definition) is 21. The Morgan fingerprint density at radius 3 is 1.58 bits per heavy atom. The van der Waals surface area contributed by atoms with Crippen molar-refractivity contribution in [3.8, 4) is 0 Å². The number of likely N-dealkylation sites (tertiary alicyclic amines) is 3. The number of carbonyl (C=O) groups is 14. The van der Waals surface area contributed by atoms with Gasteiger partial charge in [0.25, 0.3) is 0 Å². The number of aliphatic carboxylic acids is 1. The largest absolute Gasteiger partial charge is 0.480 e. The highest BCUT2D eigenvalue weighted by Crippen LogP contribution is 2.24. The van der Waals surface area contributed by atoms with E-state index in [4.69, 9.17) is 40.1 Å². The SMILES string of the molecule is CSCC[C@H](NC(=O)[C@@H]1CCCN1C(=O)CNC(=O)[C@H](CCCCN)NC(=O)[C@H](Cc1cnc[nH]1)NC(=O)[C@H](CO)NC(=O)[C@H](CC(C)C)NC(=O)[C@H](CCCN=C(N)N)NC(=O)[C@@H]1CCCN1C(=O)[C@H](CCCN=C(N)N)NC(=O)[C@@H](N)CCC(N)=O)C(=O)N1CCCC1C(=O)N[C@@H](Cc1ccccc1)C(=O)O. The highest BCUT2D eigenvalue weighted by molar-refractivity contribution is 7.98. The Labute approximate surface area is 636 Å². The highest BCUT2D eigenvalue weighted by Gasteiger charge is 2.43. The van der Waals surface area contributed by atoms with E-state index in [2.05, 4.69) is 67.8 Å². The molecule has 3 fully saturated rings. The number of aliphatic imine (C=N–C) groups is 2. The molecule has 1 unspecified atom stereocenters. The predicted molar refractivity (Wildman–Crippen MR) is 401 cm³/mol. The maximum atomic E-state index is 14.5. The summed E-state index contributed by atoms with van der Waals surface area (Å²) in [6.07, 6.45) is 6.69. The van der Waals surface area contributed by atoms with Gasteiger partial charge >= 0.3 is 5.97 Å². The van der Waals surface area contributed by atoms with Gasteiger partial charge in [-0.3, -0.25) is 72.3 Å². The third-order valence-electron chi connectivity index (χ3n) is 18.6. The van der Waals surface area contributed by atoms with Crippen molar-refractivity contribution in [2.24, 2.45) is 56.0 Å². The van der Waals surface area contributed by atoms with Crippen LogP contribution in [0.15, 0.2) is 52.8 Å². The quantitative estimate of drug-likeness (QED) is 0.0167. The van der Waals surface area contributed by atoms with Crippen molar-refractivity contribution in [1.29, 1.82) is 0 Å². The second-order valence-electron chi connectivity index (χ2n) is 27.5. The van der Waals surface area contributed by atoms with Gasteiger partial charge in [-0.1, -0.05) is 44.2 Å². The number of hydrogen-bond donors (Lipinski definition) is 19. The molecule has 13 amide bonds. The number of imidazole rings is 1. The van der Waals surface area contributed by atoms with Gasteiger partial charge in [-0.15, -0.1) is 0 Å². The molecule has 0 spiro atoms. The van der Waals surface area contributed by atoms with E-state index in [9.17, 15) is 77.3 Å². The Bertz CT molecular complexity index is 3460. The lowest BCUT2D eigenvalue weighted by atomic mass is 10.0. The van der Waals surface area contributed by atoms with Crippen LogP contribution in [0.25, 0.3) is 0 Å². The number of unbranched alkanes of at least 4 members (excludes halogenated alkanes) is 1. The number of carboxylic acids is 1. The zero-order valence-electron chi connectivity index (χ0n) is 62.1. The average Bonchev–Trinajstić information content (AvgIpc) is 1.76. The number of aromatic amines is 1. The molecular weight excluding hydrogens is 1440 g/mol. The van der Waals surface area contributed by atoms with E-state index in [1.807, 2.05) is 6.26 Å². The van der Waals surface area contributed by atoms with Gasteiger partial charge in [0, 0.05) is 63.9 Å². The van der Waals surface area contributed by atoms with Crippen LogP contribution >= 0.6 is 11.8 Å². The van der Waals surface area contributed by atoms with E-state index in [0.717, 1.165) is 0 Å². The molecule has 604 valence electrons. The molecule has 2 aromatic rings. The van der Waals surface area contributed by atoms with Crippen LogP contribution in [0.4, 0.5) is 0 Å². The maximum Gasteiger partial charge on any atom is 0.326 e. The van der Waals surface area contributed by atoms with E-state index in [0.29, 0.717) is 49.1 Å². The zero-order valence-corrected chi connectivity index (χ0v) is 62.9. The van der Waals surface area contributed by atoms with Gasteiger partial charge in [0.2, 0.25) is 76.8 Å². The number of carboxylic acid groups (broad SMARTS) is 1. The minimum atomic E-state index is -1.78. The van der Waals surface area contributed by atoms with Crippen LogP contribution in [0.2, 0.25) is 0 Å². The molecule has 0 bridgehead atoms. The van der Waals surface area contributed by atoms with Crippen LogP contribution in [-0.2, 0) is 80.0 Å². The topological polar surface area (TPSA) is 633 Å². The molecule has 109 heavy (non-hydrogen) atoms. The molecule has 4 heterocycles. The molecule has 0 aliphatic carbocycles. The summed E-state index contributed by atoms with van der Waals surface area (Å²) in [5.74, 6) is -11.6. The van der Waals surface area contributed by atoms with Crippen molar-refractivity contribution in [3.63, 3.8) is 0 Å². The number of carbonyl (C=O) groups excluding carboxylic acids is 13. The molecule has 3 aliphatic rings. The Balaban J connectivity index is 1.27. The Morgan fingerprint density at radius 1 is 0.569 bits per heavy atom. The lowest BCUT2D eigenvalue weighted by Crippen LogP contribution is -2.61. The van der Waals surface area contributed by atoms with Crippen molar-refractivity contribution < 1.29 is 77.3 Å². The van der Waals surface area contributed by atoms with E-state index >= 15 is 0 Å². The summed E-state index contributed by atoms with van der Waals surface area (Å²) in [7, 11) is 0. The number of benzene rings is 1. The Morgan fingerprint density at radius 2 is 1.05 bits per heavy atom. The van der Waals surface area contributed by atoms with Gasteiger partial charge in [0.1, 0.15) is 66.5 Å². The third kappa shape index (κ3) is 29.7. The van der Waals surface area contributed by atoms with Crippen LogP contribution in [0.5, 0.6) is 0 Å². The van der Waals surface area contributed by atoms with Gasteiger partial charge in [0.15, 0.2) is 11.9 Å².